The van der Waals surface area contributed by atoms with Crippen LogP contribution >= 0.6 is 0 Å². The Morgan fingerprint density at radius 3 is 3.14 bits per heavy atom. The molecule has 2 aromatic heterocycles. The Bertz CT molecular complexity index is 472. The molecule has 0 amide bonds. The molecular formula is C9H5N3O2. The van der Waals surface area contributed by atoms with E-state index in [1.807, 2.05) is 6.07 Å². The van der Waals surface area contributed by atoms with Crippen LogP contribution in [0.3, 0.4) is 0 Å². The minimum Gasteiger partial charge on any atom is -0.335 e. The van der Waals surface area contributed by atoms with Gasteiger partial charge in [-0.1, -0.05) is 5.16 Å². The van der Waals surface area contributed by atoms with E-state index >= 15 is 0 Å². The van der Waals surface area contributed by atoms with Crippen LogP contribution in [-0.2, 0) is 4.79 Å². The van der Waals surface area contributed by atoms with E-state index in [9.17, 15) is 4.79 Å². The molecule has 2 aromatic rings. The maximum absolute atomic E-state index is 9.93. The topological polar surface area (TPSA) is 68.3 Å². The first-order valence-electron chi connectivity index (χ1n) is 3.85. The van der Waals surface area contributed by atoms with Crippen molar-refractivity contribution in [2.75, 3.05) is 0 Å². The summed E-state index contributed by atoms with van der Waals surface area (Å²) in [6.07, 6.45) is 4.68. The zero-order valence-corrected chi connectivity index (χ0v) is 7.04. The van der Waals surface area contributed by atoms with Gasteiger partial charge < -0.3 is 4.52 Å². The largest absolute Gasteiger partial charge is 0.335 e. The summed E-state index contributed by atoms with van der Waals surface area (Å²) in [5.41, 5.74) is 1.40. The van der Waals surface area contributed by atoms with Crippen LogP contribution in [0, 0.1) is 0 Å². The van der Waals surface area contributed by atoms with Gasteiger partial charge in [-0.15, -0.1) is 4.99 Å². The molecule has 0 saturated carbocycles. The van der Waals surface area contributed by atoms with Crippen LogP contribution in [-0.4, -0.2) is 16.2 Å². The highest BCUT2D eigenvalue weighted by molar-refractivity contribution is 5.60. The third kappa shape index (κ3) is 1.57. The summed E-state index contributed by atoms with van der Waals surface area (Å²) >= 11 is 0. The molecule has 0 aliphatic rings. The average Bonchev–Trinajstić information content (AvgIpc) is 2.68. The molecule has 0 radical (unpaired) electrons. The van der Waals surface area contributed by atoms with E-state index in [2.05, 4.69) is 15.1 Å². The molecule has 5 nitrogen and oxygen atoms in total. The van der Waals surface area contributed by atoms with Gasteiger partial charge in [0.25, 0.3) is 5.88 Å². The molecule has 2 heterocycles. The zero-order chi connectivity index (χ0) is 9.80. The second kappa shape index (κ2) is 3.64. The highest BCUT2D eigenvalue weighted by Crippen LogP contribution is 2.21. The molecule has 0 aliphatic heterocycles. The smallest absolute Gasteiger partial charge is 0.261 e. The number of aliphatic imine (C=N–C) groups is 1. The lowest BCUT2D eigenvalue weighted by Crippen LogP contribution is -1.76. The summed E-state index contributed by atoms with van der Waals surface area (Å²) in [7, 11) is 0. The minimum atomic E-state index is 0.138. The van der Waals surface area contributed by atoms with Crippen molar-refractivity contribution >= 4 is 12.0 Å². The fraction of sp³-hybridized carbons (Fsp3) is 0. The molecule has 0 spiro atoms. The molecule has 2 rings (SSSR count). The van der Waals surface area contributed by atoms with Crippen molar-refractivity contribution in [2.45, 2.75) is 0 Å². The predicted octanol–water partition coefficient (Wildman–Crippen LogP) is 1.70. The molecular weight excluding hydrogens is 182 g/mol. The Hall–Kier alpha value is -2.26. The van der Waals surface area contributed by atoms with Crippen molar-refractivity contribution in [3.05, 3.63) is 30.6 Å². The van der Waals surface area contributed by atoms with Crippen LogP contribution in [0.2, 0.25) is 0 Å². The van der Waals surface area contributed by atoms with Gasteiger partial charge in [0.05, 0.1) is 0 Å². The Kier molecular flexibility index (Phi) is 2.17. The SMILES string of the molecule is O=C=Nc1cc(-c2cccnc2)no1. The van der Waals surface area contributed by atoms with Crippen LogP contribution in [0.5, 0.6) is 0 Å². The summed E-state index contributed by atoms with van der Waals surface area (Å²) in [6, 6.07) is 5.16. The molecule has 0 aromatic carbocycles. The Morgan fingerprint density at radius 1 is 1.50 bits per heavy atom. The summed E-state index contributed by atoms with van der Waals surface area (Å²) in [6.45, 7) is 0. The van der Waals surface area contributed by atoms with E-state index in [-0.39, 0.29) is 5.88 Å². The zero-order valence-electron chi connectivity index (χ0n) is 7.04. The summed E-state index contributed by atoms with van der Waals surface area (Å²) in [4.78, 5) is 17.2. The molecule has 14 heavy (non-hydrogen) atoms. The van der Waals surface area contributed by atoms with Gasteiger partial charge in [0, 0.05) is 24.0 Å². The fourth-order valence-electron chi connectivity index (χ4n) is 1.01. The normalized spacial score (nSPS) is 9.43. The molecule has 0 saturated heterocycles. The molecule has 68 valence electrons. The quantitative estimate of drug-likeness (QED) is 0.530. The first-order chi connectivity index (χ1) is 6.90. The molecule has 5 heteroatoms. The van der Waals surface area contributed by atoms with Gasteiger partial charge in [-0.05, 0) is 12.1 Å². The maximum atomic E-state index is 9.93. The van der Waals surface area contributed by atoms with Crippen LogP contribution in [0.4, 0.5) is 5.88 Å². The van der Waals surface area contributed by atoms with Gasteiger partial charge in [0.1, 0.15) is 5.69 Å². The van der Waals surface area contributed by atoms with E-state index in [1.165, 1.54) is 6.08 Å². The highest BCUT2D eigenvalue weighted by atomic mass is 16.5. The van der Waals surface area contributed by atoms with Crippen LogP contribution in [0.15, 0.2) is 40.1 Å². The van der Waals surface area contributed by atoms with E-state index in [1.54, 1.807) is 24.5 Å². The number of rotatable bonds is 2. The first-order valence-corrected chi connectivity index (χ1v) is 3.85. The highest BCUT2D eigenvalue weighted by Gasteiger charge is 2.04. The van der Waals surface area contributed by atoms with Gasteiger partial charge in [-0.25, -0.2) is 4.79 Å². The van der Waals surface area contributed by atoms with E-state index in [4.69, 9.17) is 4.52 Å². The maximum Gasteiger partial charge on any atom is 0.261 e. The number of aromatic nitrogens is 2. The summed E-state index contributed by atoms with van der Waals surface area (Å²) in [5, 5.41) is 3.72. The molecule has 0 fully saturated rings. The third-order valence-corrected chi connectivity index (χ3v) is 1.61. The monoisotopic (exact) mass is 187 g/mol. The van der Waals surface area contributed by atoms with Gasteiger partial charge in [-0.2, -0.15) is 0 Å². The number of carbonyl (C=O) groups excluding carboxylic acids is 1. The lowest BCUT2D eigenvalue weighted by Gasteiger charge is -1.90. The Morgan fingerprint density at radius 2 is 2.43 bits per heavy atom. The van der Waals surface area contributed by atoms with Crippen LogP contribution in [0.1, 0.15) is 0 Å². The van der Waals surface area contributed by atoms with Crippen molar-refractivity contribution < 1.29 is 9.32 Å². The van der Waals surface area contributed by atoms with Crippen molar-refractivity contribution in [1.82, 2.24) is 10.1 Å². The number of isocyanates is 1. The molecule has 0 atom stereocenters. The fourth-order valence-corrected chi connectivity index (χ4v) is 1.01. The predicted molar refractivity (Wildman–Crippen MR) is 47.5 cm³/mol. The number of nitrogens with zero attached hydrogens (tertiary/aromatic N) is 3. The molecule has 0 aliphatic carbocycles. The van der Waals surface area contributed by atoms with Gasteiger partial charge in [0.2, 0.25) is 6.08 Å². The van der Waals surface area contributed by atoms with Gasteiger partial charge >= 0.3 is 0 Å². The van der Waals surface area contributed by atoms with Crippen molar-refractivity contribution in [1.29, 1.82) is 0 Å². The second-order valence-electron chi connectivity index (χ2n) is 2.50. The van der Waals surface area contributed by atoms with E-state index in [0.29, 0.717) is 5.69 Å². The van der Waals surface area contributed by atoms with Crippen LogP contribution in [0.25, 0.3) is 11.3 Å². The minimum absolute atomic E-state index is 0.138. The van der Waals surface area contributed by atoms with Gasteiger partial charge in [-0.3, -0.25) is 4.98 Å². The number of hydrogen-bond acceptors (Lipinski definition) is 5. The number of hydrogen-bond donors (Lipinski definition) is 0. The van der Waals surface area contributed by atoms with Crippen LogP contribution < -0.4 is 0 Å². The lowest BCUT2D eigenvalue weighted by atomic mass is 10.2. The average molecular weight is 187 g/mol. The second-order valence-corrected chi connectivity index (χ2v) is 2.50. The molecule has 0 unspecified atom stereocenters. The van der Waals surface area contributed by atoms with Crippen molar-refractivity contribution in [3.8, 4) is 11.3 Å². The van der Waals surface area contributed by atoms with Gasteiger partial charge in [0.15, 0.2) is 0 Å². The first kappa shape index (κ1) is 8.34. The molecule has 0 bridgehead atoms. The Balaban J connectivity index is 2.39. The summed E-state index contributed by atoms with van der Waals surface area (Å²) in [5.74, 6) is 0.138. The standard InChI is InChI=1S/C9H5N3O2/c13-6-11-9-4-8(12-14-9)7-2-1-3-10-5-7/h1-5H. The Labute approximate surface area is 79.1 Å². The van der Waals surface area contributed by atoms with E-state index in [0.717, 1.165) is 5.56 Å². The van der Waals surface area contributed by atoms with Crippen molar-refractivity contribution in [2.24, 2.45) is 4.99 Å². The van der Waals surface area contributed by atoms with Crippen molar-refractivity contribution in [3.63, 3.8) is 0 Å². The third-order valence-electron chi connectivity index (χ3n) is 1.61. The number of pyridine rings is 1. The lowest BCUT2D eigenvalue weighted by molar-refractivity contribution is 0.432. The molecule has 0 N–H and O–H groups in total. The summed E-state index contributed by atoms with van der Waals surface area (Å²) < 4.78 is 4.75. The van der Waals surface area contributed by atoms with E-state index < -0.39 is 0 Å².